The Hall–Kier alpha value is -1.07. The molecule has 86 valence electrons. The predicted molar refractivity (Wildman–Crippen MR) is 49.3 cm³/mol. The van der Waals surface area contributed by atoms with Crippen LogP contribution in [0.2, 0.25) is 0 Å². The highest BCUT2D eigenvalue weighted by molar-refractivity contribution is 6.07. The van der Waals surface area contributed by atoms with Gasteiger partial charge in [0.1, 0.15) is 0 Å². The van der Waals surface area contributed by atoms with E-state index in [0.717, 1.165) is 5.01 Å². The number of hydrogen-bond acceptors (Lipinski definition) is 2. The Bertz CT molecular complexity index is 282. The summed E-state index contributed by atoms with van der Waals surface area (Å²) < 4.78 is 36.8. The van der Waals surface area contributed by atoms with Crippen LogP contribution in [0.3, 0.4) is 0 Å². The third-order valence-corrected chi connectivity index (χ3v) is 2.42. The zero-order valence-corrected chi connectivity index (χ0v) is 8.64. The summed E-state index contributed by atoms with van der Waals surface area (Å²) in [5, 5.41) is 4.33. The lowest BCUT2D eigenvalue weighted by Crippen LogP contribution is -2.31. The molecule has 0 aliphatic carbocycles. The maximum atomic E-state index is 12.3. The maximum absolute atomic E-state index is 12.3. The van der Waals surface area contributed by atoms with Gasteiger partial charge in [-0.2, -0.15) is 18.3 Å². The number of rotatable bonds is 3. The zero-order valence-electron chi connectivity index (χ0n) is 8.64. The minimum absolute atomic E-state index is 0.225. The topological polar surface area (TPSA) is 32.7 Å². The van der Waals surface area contributed by atoms with Crippen molar-refractivity contribution >= 4 is 11.6 Å². The molecule has 0 unspecified atom stereocenters. The average Bonchev–Trinajstić information content (AvgIpc) is 2.50. The summed E-state index contributed by atoms with van der Waals surface area (Å²) in [4.78, 5) is 11.3. The van der Waals surface area contributed by atoms with Crippen LogP contribution in [0.25, 0.3) is 0 Å². The first-order valence-electron chi connectivity index (χ1n) is 4.86. The molecule has 0 saturated carbocycles. The summed E-state index contributed by atoms with van der Waals surface area (Å²) in [5.41, 5.74) is -0.987. The van der Waals surface area contributed by atoms with Gasteiger partial charge in [-0.3, -0.25) is 4.79 Å². The number of carbonyl (C=O) groups is 1. The van der Waals surface area contributed by atoms with Crippen molar-refractivity contribution in [3.05, 3.63) is 0 Å². The SMILES string of the molecule is CCC(CC)N1N=C(C(F)(F)F)CC1=O. The first kappa shape index (κ1) is 12.0. The number of hydrazone groups is 1. The average molecular weight is 222 g/mol. The van der Waals surface area contributed by atoms with Crippen LogP contribution in [0.4, 0.5) is 13.2 Å². The molecule has 0 spiro atoms. The van der Waals surface area contributed by atoms with Gasteiger partial charge in [0, 0.05) is 0 Å². The van der Waals surface area contributed by atoms with Gasteiger partial charge in [0.25, 0.3) is 0 Å². The Kier molecular flexibility index (Phi) is 3.36. The van der Waals surface area contributed by atoms with Crippen LogP contribution >= 0.6 is 0 Å². The van der Waals surface area contributed by atoms with E-state index in [0.29, 0.717) is 12.8 Å². The Morgan fingerprint density at radius 1 is 1.40 bits per heavy atom. The number of amides is 1. The molecule has 0 radical (unpaired) electrons. The Morgan fingerprint density at radius 3 is 2.27 bits per heavy atom. The van der Waals surface area contributed by atoms with Crippen LogP contribution in [-0.4, -0.2) is 28.8 Å². The first-order chi connectivity index (χ1) is 6.90. The van der Waals surface area contributed by atoms with Crippen LogP contribution < -0.4 is 0 Å². The van der Waals surface area contributed by atoms with Crippen LogP contribution in [0, 0.1) is 0 Å². The Labute approximate surface area is 85.9 Å². The van der Waals surface area contributed by atoms with Gasteiger partial charge in [-0.1, -0.05) is 13.8 Å². The van der Waals surface area contributed by atoms with Crippen molar-refractivity contribution in [3.8, 4) is 0 Å². The van der Waals surface area contributed by atoms with E-state index in [4.69, 9.17) is 0 Å². The van der Waals surface area contributed by atoms with Crippen LogP contribution in [-0.2, 0) is 4.79 Å². The van der Waals surface area contributed by atoms with Crippen LogP contribution in [0.15, 0.2) is 5.10 Å². The van der Waals surface area contributed by atoms with Crippen molar-refractivity contribution in [2.45, 2.75) is 45.3 Å². The molecule has 0 fully saturated rings. The van der Waals surface area contributed by atoms with Gasteiger partial charge in [0.2, 0.25) is 5.91 Å². The van der Waals surface area contributed by atoms with E-state index in [1.54, 1.807) is 0 Å². The standard InChI is InChI=1S/C9H13F3N2O/c1-3-6(4-2)14-8(15)5-7(13-14)9(10,11)12/h6H,3-5H2,1-2H3. The second kappa shape index (κ2) is 4.20. The number of nitrogens with zero attached hydrogens (tertiary/aromatic N) is 2. The van der Waals surface area contributed by atoms with E-state index in [1.807, 2.05) is 13.8 Å². The molecule has 1 rings (SSSR count). The summed E-state index contributed by atoms with van der Waals surface area (Å²) in [6, 6.07) is -0.225. The fraction of sp³-hybridized carbons (Fsp3) is 0.778. The molecule has 6 heteroatoms. The second-order valence-corrected chi connectivity index (χ2v) is 3.43. The molecule has 15 heavy (non-hydrogen) atoms. The number of alkyl halides is 3. The third kappa shape index (κ3) is 2.49. The lowest BCUT2D eigenvalue weighted by atomic mass is 10.1. The molecule has 0 atom stereocenters. The number of halogens is 3. The summed E-state index contributed by atoms with van der Waals surface area (Å²) in [7, 11) is 0. The van der Waals surface area contributed by atoms with Gasteiger partial charge in [-0.25, -0.2) is 5.01 Å². The molecule has 3 nitrogen and oxygen atoms in total. The highest BCUT2D eigenvalue weighted by Crippen LogP contribution is 2.26. The monoisotopic (exact) mass is 222 g/mol. The lowest BCUT2D eigenvalue weighted by Gasteiger charge is -2.21. The molecule has 1 heterocycles. The molecule has 0 aromatic heterocycles. The summed E-state index contributed by atoms with van der Waals surface area (Å²) >= 11 is 0. The van der Waals surface area contributed by atoms with Gasteiger partial charge in [-0.15, -0.1) is 0 Å². The van der Waals surface area contributed by atoms with E-state index in [-0.39, 0.29) is 6.04 Å². The Balaban J connectivity index is 2.84. The van der Waals surface area contributed by atoms with Gasteiger partial charge in [0.05, 0.1) is 12.5 Å². The normalized spacial score (nSPS) is 17.6. The molecular weight excluding hydrogens is 209 g/mol. The fourth-order valence-corrected chi connectivity index (χ4v) is 1.52. The van der Waals surface area contributed by atoms with Crippen molar-refractivity contribution in [2.75, 3.05) is 0 Å². The molecule has 0 bridgehead atoms. The molecule has 0 N–H and O–H groups in total. The van der Waals surface area contributed by atoms with E-state index in [2.05, 4.69) is 5.10 Å². The van der Waals surface area contributed by atoms with Crippen molar-refractivity contribution in [2.24, 2.45) is 5.10 Å². The van der Waals surface area contributed by atoms with E-state index in [1.165, 1.54) is 0 Å². The van der Waals surface area contributed by atoms with Gasteiger partial charge in [-0.05, 0) is 12.8 Å². The number of hydrogen-bond donors (Lipinski definition) is 0. The number of carbonyl (C=O) groups excluding carboxylic acids is 1. The molecular formula is C9H13F3N2O. The molecule has 1 aliphatic rings. The highest BCUT2D eigenvalue weighted by Gasteiger charge is 2.43. The van der Waals surface area contributed by atoms with Crippen molar-refractivity contribution < 1.29 is 18.0 Å². The molecule has 0 aromatic rings. The zero-order chi connectivity index (χ0) is 11.6. The van der Waals surface area contributed by atoms with E-state index >= 15 is 0 Å². The van der Waals surface area contributed by atoms with E-state index < -0.39 is 24.2 Å². The minimum Gasteiger partial charge on any atom is -0.273 e. The molecule has 0 saturated heterocycles. The third-order valence-electron chi connectivity index (χ3n) is 2.42. The van der Waals surface area contributed by atoms with Gasteiger partial charge < -0.3 is 0 Å². The summed E-state index contributed by atoms with van der Waals surface area (Å²) in [6.07, 6.45) is -3.90. The minimum atomic E-state index is -4.49. The van der Waals surface area contributed by atoms with E-state index in [9.17, 15) is 18.0 Å². The van der Waals surface area contributed by atoms with Crippen LogP contribution in [0.5, 0.6) is 0 Å². The molecule has 0 aromatic carbocycles. The van der Waals surface area contributed by atoms with Crippen molar-refractivity contribution in [1.82, 2.24) is 5.01 Å². The van der Waals surface area contributed by atoms with Gasteiger partial charge >= 0.3 is 6.18 Å². The Morgan fingerprint density at radius 2 is 1.93 bits per heavy atom. The quantitative estimate of drug-likeness (QED) is 0.721. The maximum Gasteiger partial charge on any atom is 0.431 e. The van der Waals surface area contributed by atoms with Crippen molar-refractivity contribution in [3.63, 3.8) is 0 Å². The van der Waals surface area contributed by atoms with Crippen molar-refractivity contribution in [1.29, 1.82) is 0 Å². The highest BCUT2D eigenvalue weighted by atomic mass is 19.4. The first-order valence-corrected chi connectivity index (χ1v) is 4.86. The second-order valence-electron chi connectivity index (χ2n) is 3.43. The smallest absolute Gasteiger partial charge is 0.273 e. The summed E-state index contributed by atoms with van der Waals surface area (Å²) in [5.74, 6) is -0.559. The predicted octanol–water partition coefficient (Wildman–Crippen LogP) is 2.33. The molecule has 1 amide bonds. The summed E-state index contributed by atoms with van der Waals surface area (Å²) in [6.45, 7) is 3.64. The lowest BCUT2D eigenvalue weighted by molar-refractivity contribution is -0.131. The fourth-order valence-electron chi connectivity index (χ4n) is 1.52. The molecule has 1 aliphatic heterocycles. The van der Waals surface area contributed by atoms with Gasteiger partial charge in [0.15, 0.2) is 5.71 Å². The largest absolute Gasteiger partial charge is 0.431 e. The van der Waals surface area contributed by atoms with Crippen LogP contribution in [0.1, 0.15) is 33.1 Å².